The summed E-state index contributed by atoms with van der Waals surface area (Å²) in [4.78, 5) is 12.6. The number of amides is 1. The van der Waals surface area contributed by atoms with Crippen molar-refractivity contribution >= 4 is 11.6 Å². The van der Waals surface area contributed by atoms with E-state index in [9.17, 15) is 4.79 Å². The fourth-order valence-corrected chi connectivity index (χ4v) is 3.44. The van der Waals surface area contributed by atoms with E-state index in [4.69, 9.17) is 4.74 Å². The third-order valence-electron chi connectivity index (χ3n) is 5.11. The normalized spacial score (nSPS) is 16.3. The lowest BCUT2D eigenvalue weighted by atomic mass is 9.90. The van der Waals surface area contributed by atoms with Crippen LogP contribution in [0.1, 0.15) is 52.7 Å². The molecule has 0 unspecified atom stereocenters. The Balaban J connectivity index is 1.39. The molecule has 2 aromatic rings. The molecule has 1 N–H and O–H groups in total. The van der Waals surface area contributed by atoms with Crippen LogP contribution in [0.25, 0.3) is 0 Å². The second-order valence-corrected chi connectivity index (χ2v) is 7.30. The SMILES string of the molecule is O=C(Nc1cccc(COCC2CC2)c1)c1ccc2c(c1)CCCC2. The van der Waals surface area contributed by atoms with Crippen LogP contribution in [0.5, 0.6) is 0 Å². The molecule has 2 aromatic carbocycles. The molecule has 130 valence electrons. The standard InChI is InChI=1S/C22H25NO2/c24-22(20-11-10-18-5-1-2-6-19(18)13-20)23-21-7-3-4-17(12-21)15-25-14-16-8-9-16/h3-4,7,10-13,16H,1-2,5-6,8-9,14-15H2,(H,23,24). The Labute approximate surface area is 149 Å². The van der Waals surface area contributed by atoms with Crippen molar-refractivity contribution in [2.24, 2.45) is 5.92 Å². The molecule has 0 heterocycles. The summed E-state index contributed by atoms with van der Waals surface area (Å²) >= 11 is 0. The number of hydrogen-bond acceptors (Lipinski definition) is 2. The summed E-state index contributed by atoms with van der Waals surface area (Å²) < 4.78 is 5.74. The second kappa shape index (κ2) is 7.40. The van der Waals surface area contributed by atoms with Crippen molar-refractivity contribution in [2.75, 3.05) is 11.9 Å². The highest BCUT2D eigenvalue weighted by Crippen LogP contribution is 2.29. The minimum absolute atomic E-state index is 0.0376. The van der Waals surface area contributed by atoms with Gasteiger partial charge in [0.15, 0.2) is 0 Å². The number of anilines is 1. The van der Waals surface area contributed by atoms with Gasteiger partial charge in [0.2, 0.25) is 0 Å². The zero-order valence-corrected chi connectivity index (χ0v) is 14.6. The van der Waals surface area contributed by atoms with Crippen LogP contribution in [0.4, 0.5) is 5.69 Å². The number of ether oxygens (including phenoxy) is 1. The predicted molar refractivity (Wildman–Crippen MR) is 99.9 cm³/mol. The van der Waals surface area contributed by atoms with Crippen molar-refractivity contribution in [3.8, 4) is 0 Å². The van der Waals surface area contributed by atoms with Crippen LogP contribution in [-0.4, -0.2) is 12.5 Å². The lowest BCUT2D eigenvalue weighted by molar-refractivity contribution is 0.102. The molecule has 0 aromatic heterocycles. The van der Waals surface area contributed by atoms with Gasteiger partial charge in [-0.3, -0.25) is 4.79 Å². The molecule has 25 heavy (non-hydrogen) atoms. The molecule has 1 saturated carbocycles. The maximum absolute atomic E-state index is 12.6. The lowest BCUT2D eigenvalue weighted by Crippen LogP contribution is -2.13. The van der Waals surface area contributed by atoms with Crippen molar-refractivity contribution < 1.29 is 9.53 Å². The molecule has 3 heteroatoms. The minimum Gasteiger partial charge on any atom is -0.376 e. The molecule has 0 atom stereocenters. The van der Waals surface area contributed by atoms with Crippen LogP contribution >= 0.6 is 0 Å². The smallest absolute Gasteiger partial charge is 0.255 e. The van der Waals surface area contributed by atoms with E-state index in [1.807, 2.05) is 30.3 Å². The van der Waals surface area contributed by atoms with Gasteiger partial charge < -0.3 is 10.1 Å². The van der Waals surface area contributed by atoms with Gasteiger partial charge in [-0.05, 0) is 85.4 Å². The minimum atomic E-state index is -0.0376. The number of hydrogen-bond donors (Lipinski definition) is 1. The maximum atomic E-state index is 12.6. The molecule has 2 aliphatic carbocycles. The van der Waals surface area contributed by atoms with E-state index in [-0.39, 0.29) is 5.91 Å². The number of fused-ring (bicyclic) bond motifs is 1. The molecule has 4 rings (SSSR count). The predicted octanol–water partition coefficient (Wildman–Crippen LogP) is 4.74. The third kappa shape index (κ3) is 4.29. The molecule has 0 saturated heterocycles. The van der Waals surface area contributed by atoms with E-state index < -0.39 is 0 Å². The number of nitrogens with one attached hydrogen (secondary N) is 1. The van der Waals surface area contributed by atoms with Gasteiger partial charge in [0.05, 0.1) is 6.61 Å². The quantitative estimate of drug-likeness (QED) is 0.828. The van der Waals surface area contributed by atoms with E-state index in [2.05, 4.69) is 17.4 Å². The fraction of sp³-hybridized carbons (Fsp3) is 0.409. The van der Waals surface area contributed by atoms with Crippen LogP contribution < -0.4 is 5.32 Å². The van der Waals surface area contributed by atoms with Crippen LogP contribution in [0.3, 0.4) is 0 Å². The Kier molecular flexibility index (Phi) is 4.84. The highest BCUT2D eigenvalue weighted by atomic mass is 16.5. The van der Waals surface area contributed by atoms with Crippen LogP contribution in [0.15, 0.2) is 42.5 Å². The zero-order chi connectivity index (χ0) is 17.1. The molecule has 2 aliphatic rings. The van der Waals surface area contributed by atoms with Crippen molar-refractivity contribution in [1.82, 2.24) is 0 Å². The van der Waals surface area contributed by atoms with E-state index >= 15 is 0 Å². The zero-order valence-electron chi connectivity index (χ0n) is 14.6. The molecular weight excluding hydrogens is 310 g/mol. The first-order valence-corrected chi connectivity index (χ1v) is 9.38. The van der Waals surface area contributed by atoms with Gasteiger partial charge in [-0.1, -0.05) is 18.2 Å². The van der Waals surface area contributed by atoms with Gasteiger partial charge in [-0.25, -0.2) is 0 Å². The highest BCUT2D eigenvalue weighted by molar-refractivity contribution is 6.04. The molecule has 0 bridgehead atoms. The molecule has 0 spiro atoms. The van der Waals surface area contributed by atoms with E-state index in [0.717, 1.165) is 42.2 Å². The Morgan fingerprint density at radius 1 is 1.04 bits per heavy atom. The Morgan fingerprint density at radius 3 is 2.72 bits per heavy atom. The van der Waals surface area contributed by atoms with Gasteiger partial charge in [0.1, 0.15) is 0 Å². The van der Waals surface area contributed by atoms with E-state index in [0.29, 0.717) is 6.61 Å². The summed E-state index contributed by atoms with van der Waals surface area (Å²) in [6, 6.07) is 14.1. The van der Waals surface area contributed by atoms with Crippen molar-refractivity contribution in [2.45, 2.75) is 45.1 Å². The number of rotatable bonds is 6. The largest absolute Gasteiger partial charge is 0.376 e. The van der Waals surface area contributed by atoms with E-state index in [1.54, 1.807) is 0 Å². The van der Waals surface area contributed by atoms with Crippen LogP contribution in [0, 0.1) is 5.92 Å². The summed E-state index contributed by atoms with van der Waals surface area (Å²) in [6.45, 7) is 1.46. The highest BCUT2D eigenvalue weighted by Gasteiger charge is 2.21. The van der Waals surface area contributed by atoms with Gasteiger partial charge >= 0.3 is 0 Å². The first kappa shape index (κ1) is 16.3. The molecule has 1 amide bonds. The fourth-order valence-electron chi connectivity index (χ4n) is 3.44. The number of carbonyl (C=O) groups is 1. The summed E-state index contributed by atoms with van der Waals surface area (Å²) in [6.07, 6.45) is 7.31. The van der Waals surface area contributed by atoms with Crippen molar-refractivity contribution in [3.05, 3.63) is 64.7 Å². The first-order valence-electron chi connectivity index (χ1n) is 9.38. The lowest BCUT2D eigenvalue weighted by Gasteiger charge is -2.16. The number of carbonyl (C=O) groups excluding carboxylic acids is 1. The molecule has 0 aliphatic heterocycles. The van der Waals surface area contributed by atoms with Gasteiger partial charge in [-0.2, -0.15) is 0 Å². The molecule has 0 radical (unpaired) electrons. The average molecular weight is 335 g/mol. The topological polar surface area (TPSA) is 38.3 Å². The monoisotopic (exact) mass is 335 g/mol. The molecule has 1 fully saturated rings. The maximum Gasteiger partial charge on any atom is 0.255 e. The Hall–Kier alpha value is -2.13. The number of aryl methyl sites for hydroxylation is 2. The molecule has 3 nitrogen and oxygen atoms in total. The van der Waals surface area contributed by atoms with E-state index in [1.165, 1.54) is 36.8 Å². The van der Waals surface area contributed by atoms with Gasteiger partial charge in [0, 0.05) is 17.9 Å². The van der Waals surface area contributed by atoms with Crippen LogP contribution in [0.2, 0.25) is 0 Å². The Morgan fingerprint density at radius 2 is 1.88 bits per heavy atom. The third-order valence-corrected chi connectivity index (χ3v) is 5.11. The summed E-state index contributed by atoms with van der Waals surface area (Å²) in [5.41, 5.74) is 5.41. The van der Waals surface area contributed by atoms with Gasteiger partial charge in [-0.15, -0.1) is 0 Å². The van der Waals surface area contributed by atoms with Crippen molar-refractivity contribution in [3.63, 3.8) is 0 Å². The average Bonchev–Trinajstić information content (AvgIpc) is 3.46. The second-order valence-electron chi connectivity index (χ2n) is 7.30. The number of benzene rings is 2. The summed E-state index contributed by atoms with van der Waals surface area (Å²) in [7, 11) is 0. The van der Waals surface area contributed by atoms with Gasteiger partial charge in [0.25, 0.3) is 5.91 Å². The van der Waals surface area contributed by atoms with Crippen LogP contribution in [-0.2, 0) is 24.2 Å². The molecular formula is C22H25NO2. The van der Waals surface area contributed by atoms with Crippen molar-refractivity contribution in [1.29, 1.82) is 0 Å². The Bertz CT molecular complexity index is 764. The first-order chi connectivity index (χ1) is 12.3. The summed E-state index contributed by atoms with van der Waals surface area (Å²) in [5, 5.41) is 3.02. The summed E-state index contributed by atoms with van der Waals surface area (Å²) in [5.74, 6) is 0.733.